The maximum Gasteiger partial charge on any atom is 0.124 e. The fourth-order valence-corrected chi connectivity index (χ4v) is 2.05. The quantitative estimate of drug-likeness (QED) is 0.717. The second-order valence-corrected chi connectivity index (χ2v) is 5.01. The van der Waals surface area contributed by atoms with Crippen LogP contribution in [0.15, 0.2) is 18.2 Å². The topological polar surface area (TPSA) is 49.5 Å². The normalized spacial score (nSPS) is 10.9. The van der Waals surface area contributed by atoms with Gasteiger partial charge >= 0.3 is 0 Å². The third-order valence-corrected chi connectivity index (χ3v) is 3.13. The zero-order valence-electron chi connectivity index (χ0n) is 11.2. The first-order valence-corrected chi connectivity index (χ1v) is 6.90. The molecule has 0 unspecified atom stereocenters. The van der Waals surface area contributed by atoms with Crippen molar-refractivity contribution in [3.63, 3.8) is 0 Å². The molecule has 0 aliphatic heterocycles. The van der Waals surface area contributed by atoms with Crippen LogP contribution in [0.2, 0.25) is 0 Å². The molecule has 0 atom stereocenters. The minimum atomic E-state index is -0.334. The SMILES string of the molecule is CCCCN(CCO)Cc1cc(F)cc(C(N)=S)c1. The molecule has 0 bridgehead atoms. The van der Waals surface area contributed by atoms with Gasteiger partial charge in [0.25, 0.3) is 0 Å². The van der Waals surface area contributed by atoms with Gasteiger partial charge in [0.1, 0.15) is 10.8 Å². The number of aliphatic hydroxyl groups is 1. The van der Waals surface area contributed by atoms with Crippen molar-refractivity contribution in [2.24, 2.45) is 5.73 Å². The van der Waals surface area contributed by atoms with Crippen molar-refractivity contribution >= 4 is 17.2 Å². The van der Waals surface area contributed by atoms with Crippen molar-refractivity contribution in [3.05, 3.63) is 35.1 Å². The molecule has 106 valence electrons. The summed E-state index contributed by atoms with van der Waals surface area (Å²) in [5, 5.41) is 9.05. The molecule has 0 amide bonds. The molecule has 0 aliphatic carbocycles. The molecule has 0 aliphatic rings. The monoisotopic (exact) mass is 284 g/mol. The predicted octanol–water partition coefficient (Wildman–Crippen LogP) is 2.05. The highest BCUT2D eigenvalue weighted by Crippen LogP contribution is 2.12. The Hall–Kier alpha value is -1.04. The second-order valence-electron chi connectivity index (χ2n) is 4.57. The average molecular weight is 284 g/mol. The number of nitrogens with two attached hydrogens (primary N) is 1. The van der Waals surface area contributed by atoms with E-state index in [4.69, 9.17) is 23.1 Å². The summed E-state index contributed by atoms with van der Waals surface area (Å²) in [6.07, 6.45) is 2.14. The largest absolute Gasteiger partial charge is 0.395 e. The molecule has 0 fully saturated rings. The summed E-state index contributed by atoms with van der Waals surface area (Å²) >= 11 is 4.87. The third kappa shape index (κ3) is 5.63. The Morgan fingerprint density at radius 2 is 2.11 bits per heavy atom. The van der Waals surface area contributed by atoms with Gasteiger partial charge in [0.15, 0.2) is 0 Å². The molecule has 5 heteroatoms. The molecule has 1 rings (SSSR count). The summed E-state index contributed by atoms with van der Waals surface area (Å²) in [6.45, 7) is 4.27. The number of benzene rings is 1. The molecule has 1 aromatic rings. The molecule has 0 spiro atoms. The maximum absolute atomic E-state index is 13.5. The van der Waals surface area contributed by atoms with E-state index in [2.05, 4.69) is 11.8 Å². The number of nitrogens with zero attached hydrogens (tertiary/aromatic N) is 1. The first kappa shape index (κ1) is 16.0. The zero-order valence-corrected chi connectivity index (χ0v) is 12.0. The van der Waals surface area contributed by atoms with Crippen LogP contribution in [-0.2, 0) is 6.54 Å². The third-order valence-electron chi connectivity index (χ3n) is 2.89. The van der Waals surface area contributed by atoms with E-state index in [9.17, 15) is 4.39 Å². The van der Waals surface area contributed by atoms with Gasteiger partial charge in [-0.2, -0.15) is 0 Å². The number of halogens is 1. The standard InChI is InChI=1S/C14H21FN2OS/c1-2-3-4-17(5-6-18)10-11-7-12(14(16)19)9-13(15)8-11/h7-9,18H,2-6,10H2,1H3,(H2,16,19). The fraction of sp³-hybridized carbons (Fsp3) is 0.500. The first-order valence-electron chi connectivity index (χ1n) is 6.49. The smallest absolute Gasteiger partial charge is 0.124 e. The summed E-state index contributed by atoms with van der Waals surface area (Å²) in [6, 6.07) is 4.63. The Kier molecular flexibility index (Phi) is 6.91. The van der Waals surface area contributed by atoms with Gasteiger partial charge < -0.3 is 10.8 Å². The molecule has 0 saturated carbocycles. The van der Waals surface area contributed by atoms with Crippen molar-refractivity contribution in [1.29, 1.82) is 0 Å². The molecule has 3 nitrogen and oxygen atoms in total. The van der Waals surface area contributed by atoms with Crippen molar-refractivity contribution in [1.82, 2.24) is 4.90 Å². The second kappa shape index (κ2) is 8.19. The van der Waals surface area contributed by atoms with Crippen molar-refractivity contribution in [2.45, 2.75) is 26.3 Å². The van der Waals surface area contributed by atoms with Gasteiger partial charge in [-0.05, 0) is 36.7 Å². The van der Waals surface area contributed by atoms with E-state index < -0.39 is 0 Å². The van der Waals surface area contributed by atoms with E-state index in [1.165, 1.54) is 12.1 Å². The molecule has 19 heavy (non-hydrogen) atoms. The van der Waals surface area contributed by atoms with Crippen LogP contribution >= 0.6 is 12.2 Å². The molecule has 0 heterocycles. The van der Waals surface area contributed by atoms with Gasteiger partial charge in [-0.3, -0.25) is 4.90 Å². The van der Waals surface area contributed by atoms with Crippen molar-refractivity contribution < 1.29 is 9.50 Å². The van der Waals surface area contributed by atoms with Gasteiger partial charge in [-0.15, -0.1) is 0 Å². The van der Waals surface area contributed by atoms with E-state index in [0.29, 0.717) is 18.7 Å². The maximum atomic E-state index is 13.5. The van der Waals surface area contributed by atoms with E-state index >= 15 is 0 Å². The minimum Gasteiger partial charge on any atom is -0.395 e. The van der Waals surface area contributed by atoms with Gasteiger partial charge in [-0.1, -0.05) is 25.6 Å². The highest BCUT2D eigenvalue weighted by molar-refractivity contribution is 7.80. The van der Waals surface area contributed by atoms with Gasteiger partial charge in [-0.25, -0.2) is 4.39 Å². The number of hydrogen-bond acceptors (Lipinski definition) is 3. The number of hydrogen-bond donors (Lipinski definition) is 2. The Balaban J connectivity index is 2.79. The molecule has 0 radical (unpaired) electrons. The lowest BCUT2D eigenvalue weighted by atomic mass is 10.1. The Morgan fingerprint density at radius 1 is 1.37 bits per heavy atom. The lowest BCUT2D eigenvalue weighted by Gasteiger charge is -2.21. The van der Waals surface area contributed by atoms with E-state index in [1.54, 1.807) is 0 Å². The van der Waals surface area contributed by atoms with Crippen molar-refractivity contribution in [3.8, 4) is 0 Å². The minimum absolute atomic E-state index is 0.0984. The Bertz CT molecular complexity index is 426. The van der Waals surface area contributed by atoms with Crippen LogP contribution in [0.1, 0.15) is 30.9 Å². The van der Waals surface area contributed by atoms with Crippen LogP contribution in [0.4, 0.5) is 4.39 Å². The van der Waals surface area contributed by atoms with Gasteiger partial charge in [0, 0.05) is 18.7 Å². The molecular weight excluding hydrogens is 263 g/mol. The van der Waals surface area contributed by atoms with Crippen LogP contribution in [0.25, 0.3) is 0 Å². The van der Waals surface area contributed by atoms with Crippen LogP contribution in [0.5, 0.6) is 0 Å². The van der Waals surface area contributed by atoms with Gasteiger partial charge in [0.05, 0.1) is 6.61 Å². The van der Waals surface area contributed by atoms with Crippen molar-refractivity contribution in [2.75, 3.05) is 19.7 Å². The summed E-state index contributed by atoms with van der Waals surface area (Å²) in [5.74, 6) is -0.334. The van der Waals surface area contributed by atoms with Crippen LogP contribution < -0.4 is 5.73 Å². The molecule has 0 saturated heterocycles. The molecule has 1 aromatic carbocycles. The number of aliphatic hydroxyl groups excluding tert-OH is 1. The van der Waals surface area contributed by atoms with Crippen LogP contribution in [0, 0.1) is 5.82 Å². The van der Waals surface area contributed by atoms with Crippen LogP contribution in [-0.4, -0.2) is 34.7 Å². The first-order chi connectivity index (χ1) is 9.06. The predicted molar refractivity (Wildman–Crippen MR) is 79.6 cm³/mol. The summed E-state index contributed by atoms with van der Waals surface area (Å²) in [4.78, 5) is 2.30. The average Bonchev–Trinajstić information content (AvgIpc) is 2.35. The molecular formula is C14H21FN2OS. The van der Waals surface area contributed by atoms with E-state index in [-0.39, 0.29) is 17.4 Å². The lowest BCUT2D eigenvalue weighted by molar-refractivity contribution is 0.188. The summed E-state index contributed by atoms with van der Waals surface area (Å²) in [5.41, 5.74) is 6.90. The van der Waals surface area contributed by atoms with E-state index in [1.807, 2.05) is 6.07 Å². The highest BCUT2D eigenvalue weighted by atomic mass is 32.1. The molecule has 0 aromatic heterocycles. The van der Waals surface area contributed by atoms with Gasteiger partial charge in [0.2, 0.25) is 0 Å². The number of thiocarbonyl (C=S) groups is 1. The fourth-order valence-electron chi connectivity index (χ4n) is 1.94. The Morgan fingerprint density at radius 3 is 2.68 bits per heavy atom. The zero-order chi connectivity index (χ0) is 14.3. The highest BCUT2D eigenvalue weighted by Gasteiger charge is 2.08. The summed E-state index contributed by atoms with van der Waals surface area (Å²) in [7, 11) is 0. The number of rotatable bonds is 8. The molecule has 3 N–H and O–H groups in total. The lowest BCUT2D eigenvalue weighted by Crippen LogP contribution is -2.27. The Labute approximate surface area is 119 Å². The van der Waals surface area contributed by atoms with E-state index in [0.717, 1.165) is 24.9 Å². The number of unbranched alkanes of at least 4 members (excludes halogenated alkanes) is 1. The summed E-state index contributed by atoms with van der Waals surface area (Å²) < 4.78 is 13.5. The van der Waals surface area contributed by atoms with Crippen LogP contribution in [0.3, 0.4) is 0 Å².